The molecular weight excluding hydrogens is 242 g/mol. The summed E-state index contributed by atoms with van der Waals surface area (Å²) in [5.74, 6) is 0.407. The van der Waals surface area contributed by atoms with Crippen LogP contribution in [0.2, 0.25) is 0 Å². The first kappa shape index (κ1) is 13.7. The Hall–Kier alpha value is -1.71. The van der Waals surface area contributed by atoms with Crippen molar-refractivity contribution in [1.29, 1.82) is 0 Å². The zero-order valence-electron chi connectivity index (χ0n) is 11.3. The summed E-state index contributed by atoms with van der Waals surface area (Å²) in [4.78, 5) is 11.0. The molecule has 1 fully saturated rings. The van der Waals surface area contributed by atoms with Gasteiger partial charge in [0.2, 0.25) is 0 Å². The SMILES string of the molecule is CCC1CCC(Oc2ccc(N)c(C(=O)O)c2)CC1. The van der Waals surface area contributed by atoms with E-state index >= 15 is 0 Å². The van der Waals surface area contributed by atoms with Crippen LogP contribution in [0.3, 0.4) is 0 Å². The van der Waals surface area contributed by atoms with Crippen molar-refractivity contribution in [3.63, 3.8) is 0 Å². The molecule has 0 heterocycles. The van der Waals surface area contributed by atoms with Gasteiger partial charge in [-0.2, -0.15) is 0 Å². The Morgan fingerprint density at radius 1 is 1.37 bits per heavy atom. The topological polar surface area (TPSA) is 72.5 Å². The van der Waals surface area contributed by atoms with Gasteiger partial charge in [0, 0.05) is 5.69 Å². The highest BCUT2D eigenvalue weighted by Crippen LogP contribution is 2.30. The van der Waals surface area contributed by atoms with Crippen molar-refractivity contribution in [3.8, 4) is 5.75 Å². The zero-order chi connectivity index (χ0) is 13.8. The highest BCUT2D eigenvalue weighted by atomic mass is 16.5. The van der Waals surface area contributed by atoms with Gasteiger partial charge in [0.1, 0.15) is 5.75 Å². The number of aromatic carboxylic acids is 1. The number of rotatable bonds is 4. The van der Waals surface area contributed by atoms with E-state index < -0.39 is 5.97 Å². The van der Waals surface area contributed by atoms with Crippen LogP contribution in [0.4, 0.5) is 5.69 Å². The summed E-state index contributed by atoms with van der Waals surface area (Å²) in [6.07, 6.45) is 5.92. The van der Waals surface area contributed by atoms with E-state index in [9.17, 15) is 4.79 Å². The number of carbonyl (C=O) groups is 1. The van der Waals surface area contributed by atoms with Gasteiger partial charge in [0.25, 0.3) is 0 Å². The summed E-state index contributed by atoms with van der Waals surface area (Å²) < 4.78 is 5.88. The first-order valence-electron chi connectivity index (χ1n) is 6.89. The highest BCUT2D eigenvalue weighted by molar-refractivity contribution is 5.94. The molecular formula is C15H21NO3. The lowest BCUT2D eigenvalue weighted by molar-refractivity contribution is 0.0696. The molecule has 0 aromatic heterocycles. The Morgan fingerprint density at radius 3 is 2.63 bits per heavy atom. The fraction of sp³-hybridized carbons (Fsp3) is 0.533. The molecule has 0 saturated heterocycles. The summed E-state index contributed by atoms with van der Waals surface area (Å²) in [5, 5.41) is 9.03. The molecule has 0 spiro atoms. The maximum Gasteiger partial charge on any atom is 0.337 e. The monoisotopic (exact) mass is 263 g/mol. The van der Waals surface area contributed by atoms with E-state index in [-0.39, 0.29) is 17.4 Å². The second-order valence-electron chi connectivity index (χ2n) is 5.22. The Morgan fingerprint density at radius 2 is 2.05 bits per heavy atom. The molecule has 0 atom stereocenters. The van der Waals surface area contributed by atoms with Crippen molar-refractivity contribution in [1.82, 2.24) is 0 Å². The average molecular weight is 263 g/mol. The van der Waals surface area contributed by atoms with Gasteiger partial charge in [0.05, 0.1) is 11.7 Å². The maximum atomic E-state index is 11.0. The minimum Gasteiger partial charge on any atom is -0.490 e. The molecule has 4 nitrogen and oxygen atoms in total. The Bertz CT molecular complexity index is 451. The van der Waals surface area contributed by atoms with Crippen LogP contribution in [0.5, 0.6) is 5.75 Å². The van der Waals surface area contributed by atoms with Crippen LogP contribution in [0.15, 0.2) is 18.2 Å². The molecule has 3 N–H and O–H groups in total. The molecule has 0 aliphatic heterocycles. The van der Waals surface area contributed by atoms with Gasteiger partial charge >= 0.3 is 5.97 Å². The first-order chi connectivity index (χ1) is 9.10. The lowest BCUT2D eigenvalue weighted by Gasteiger charge is -2.28. The number of nitrogen functional groups attached to an aromatic ring is 1. The van der Waals surface area contributed by atoms with Crippen LogP contribution in [0.25, 0.3) is 0 Å². The van der Waals surface area contributed by atoms with Crippen molar-refractivity contribution in [3.05, 3.63) is 23.8 Å². The number of anilines is 1. The molecule has 1 saturated carbocycles. The van der Waals surface area contributed by atoms with Gasteiger partial charge in [-0.15, -0.1) is 0 Å². The summed E-state index contributed by atoms with van der Waals surface area (Å²) >= 11 is 0. The third-order valence-electron chi connectivity index (χ3n) is 3.93. The number of benzene rings is 1. The zero-order valence-corrected chi connectivity index (χ0v) is 11.3. The third-order valence-corrected chi connectivity index (χ3v) is 3.93. The summed E-state index contributed by atoms with van der Waals surface area (Å²) in [5.41, 5.74) is 6.01. The molecule has 0 amide bonds. The van der Waals surface area contributed by atoms with Gasteiger partial charge in [-0.05, 0) is 49.8 Å². The van der Waals surface area contributed by atoms with Crippen LogP contribution in [-0.2, 0) is 0 Å². The third kappa shape index (κ3) is 3.40. The van der Waals surface area contributed by atoms with E-state index in [1.165, 1.54) is 25.3 Å². The van der Waals surface area contributed by atoms with E-state index in [2.05, 4.69) is 6.92 Å². The van der Waals surface area contributed by atoms with Crippen LogP contribution < -0.4 is 10.5 Å². The van der Waals surface area contributed by atoms with Crippen LogP contribution >= 0.6 is 0 Å². The second-order valence-corrected chi connectivity index (χ2v) is 5.22. The molecule has 0 radical (unpaired) electrons. The van der Waals surface area contributed by atoms with Gasteiger partial charge in [-0.1, -0.05) is 13.3 Å². The number of carboxylic acids is 1. The molecule has 1 aliphatic rings. The van der Waals surface area contributed by atoms with E-state index in [4.69, 9.17) is 15.6 Å². The molecule has 1 aromatic rings. The van der Waals surface area contributed by atoms with Crippen molar-refractivity contribution in [2.75, 3.05) is 5.73 Å². The smallest absolute Gasteiger partial charge is 0.337 e. The molecule has 1 aliphatic carbocycles. The van der Waals surface area contributed by atoms with E-state index in [1.807, 2.05) is 0 Å². The van der Waals surface area contributed by atoms with Crippen LogP contribution in [-0.4, -0.2) is 17.2 Å². The predicted molar refractivity (Wildman–Crippen MR) is 74.5 cm³/mol. The van der Waals surface area contributed by atoms with Crippen molar-refractivity contribution in [2.24, 2.45) is 5.92 Å². The lowest BCUT2D eigenvalue weighted by atomic mass is 9.86. The fourth-order valence-electron chi connectivity index (χ4n) is 2.64. The summed E-state index contributed by atoms with van der Waals surface area (Å²) in [7, 11) is 0. The van der Waals surface area contributed by atoms with E-state index in [0.29, 0.717) is 5.75 Å². The fourth-order valence-corrected chi connectivity index (χ4v) is 2.64. The molecule has 19 heavy (non-hydrogen) atoms. The number of hydrogen-bond donors (Lipinski definition) is 2. The molecule has 2 rings (SSSR count). The van der Waals surface area contributed by atoms with Gasteiger partial charge < -0.3 is 15.6 Å². The van der Waals surface area contributed by atoms with Gasteiger partial charge in [-0.25, -0.2) is 4.79 Å². The summed E-state index contributed by atoms with van der Waals surface area (Å²) in [6, 6.07) is 4.85. The van der Waals surface area contributed by atoms with Gasteiger partial charge in [0.15, 0.2) is 0 Å². The molecule has 0 unspecified atom stereocenters. The molecule has 1 aromatic carbocycles. The maximum absolute atomic E-state index is 11.0. The standard InChI is InChI=1S/C15H21NO3/c1-2-10-3-5-11(6-4-10)19-12-7-8-14(16)13(9-12)15(17)18/h7-11H,2-6,16H2,1H3,(H,17,18). The normalized spacial score (nSPS) is 23.0. The molecule has 4 heteroatoms. The van der Waals surface area contributed by atoms with Crippen molar-refractivity contribution in [2.45, 2.75) is 45.1 Å². The molecule has 104 valence electrons. The Balaban J connectivity index is 2.00. The lowest BCUT2D eigenvalue weighted by Crippen LogP contribution is -2.24. The molecule has 0 bridgehead atoms. The van der Waals surface area contributed by atoms with Crippen molar-refractivity contribution >= 4 is 11.7 Å². The van der Waals surface area contributed by atoms with Crippen LogP contribution in [0.1, 0.15) is 49.4 Å². The number of hydrogen-bond acceptors (Lipinski definition) is 3. The first-order valence-corrected chi connectivity index (χ1v) is 6.89. The number of ether oxygens (including phenoxy) is 1. The van der Waals surface area contributed by atoms with Gasteiger partial charge in [-0.3, -0.25) is 0 Å². The van der Waals surface area contributed by atoms with E-state index in [1.54, 1.807) is 12.1 Å². The largest absolute Gasteiger partial charge is 0.490 e. The minimum atomic E-state index is -1.02. The number of nitrogens with two attached hydrogens (primary N) is 1. The number of carboxylic acid groups (broad SMARTS) is 1. The van der Waals surface area contributed by atoms with Crippen LogP contribution in [0, 0.1) is 5.92 Å². The summed E-state index contributed by atoms with van der Waals surface area (Å²) in [6.45, 7) is 2.23. The highest BCUT2D eigenvalue weighted by Gasteiger charge is 2.21. The Labute approximate surface area is 113 Å². The van der Waals surface area contributed by atoms with E-state index in [0.717, 1.165) is 18.8 Å². The van der Waals surface area contributed by atoms with Crippen molar-refractivity contribution < 1.29 is 14.6 Å². The average Bonchev–Trinajstić information content (AvgIpc) is 2.41. The minimum absolute atomic E-state index is 0.111. The Kier molecular flexibility index (Phi) is 4.30. The quantitative estimate of drug-likeness (QED) is 0.817. The predicted octanol–water partition coefficient (Wildman–Crippen LogP) is 3.31. The second kappa shape index (κ2) is 5.95.